The van der Waals surface area contributed by atoms with E-state index >= 15 is 0 Å². The molecule has 1 N–H and O–H groups in total. The molecule has 0 bridgehead atoms. The van der Waals surface area contributed by atoms with Crippen molar-refractivity contribution in [2.24, 2.45) is 0 Å². The third-order valence-corrected chi connectivity index (χ3v) is 4.83. The number of hydrogen-bond acceptors (Lipinski definition) is 6. The minimum Gasteiger partial charge on any atom is -0.295 e. The van der Waals surface area contributed by atoms with Crippen molar-refractivity contribution >= 4 is 33.7 Å². The van der Waals surface area contributed by atoms with Crippen LogP contribution in [0, 0.1) is 5.82 Å². The van der Waals surface area contributed by atoms with Crippen molar-refractivity contribution in [2.75, 3.05) is 5.32 Å². The molecule has 1 aromatic carbocycles. The van der Waals surface area contributed by atoms with Crippen molar-refractivity contribution < 1.29 is 9.18 Å². The summed E-state index contributed by atoms with van der Waals surface area (Å²) in [6.07, 6.45) is 1.60. The number of benzene rings is 1. The van der Waals surface area contributed by atoms with Gasteiger partial charge in [-0.15, -0.1) is 27.8 Å². The number of amides is 1. The van der Waals surface area contributed by atoms with Crippen LogP contribution < -0.4 is 5.32 Å². The highest BCUT2D eigenvalue weighted by atomic mass is 32.1. The van der Waals surface area contributed by atoms with E-state index in [1.54, 1.807) is 23.7 Å². The third-order valence-electron chi connectivity index (χ3n) is 3.28. The van der Waals surface area contributed by atoms with Gasteiger partial charge in [0.15, 0.2) is 11.0 Å². The first-order chi connectivity index (χ1) is 12.2. The van der Waals surface area contributed by atoms with E-state index in [0.717, 1.165) is 4.88 Å². The summed E-state index contributed by atoms with van der Waals surface area (Å²) >= 11 is 2.79. The molecule has 0 atom stereocenters. The molecule has 3 aromatic heterocycles. The molecule has 0 saturated carbocycles. The van der Waals surface area contributed by atoms with Gasteiger partial charge in [0.1, 0.15) is 5.82 Å². The van der Waals surface area contributed by atoms with Gasteiger partial charge >= 0.3 is 0 Å². The number of carbonyl (C=O) groups is 1. The maximum absolute atomic E-state index is 13.2. The number of halogens is 1. The van der Waals surface area contributed by atoms with Crippen molar-refractivity contribution in [1.82, 2.24) is 19.7 Å². The van der Waals surface area contributed by atoms with Crippen LogP contribution in [0.3, 0.4) is 0 Å². The van der Waals surface area contributed by atoms with Gasteiger partial charge in [-0.05, 0) is 35.7 Å². The topological polar surface area (TPSA) is 72.7 Å². The Morgan fingerprint density at radius 1 is 1.12 bits per heavy atom. The lowest BCUT2D eigenvalue weighted by molar-refractivity contribution is 0.101. The number of nitrogens with zero attached hydrogens (tertiary/aromatic N) is 4. The molecule has 4 aromatic rings. The summed E-state index contributed by atoms with van der Waals surface area (Å²) in [5.41, 5.74) is 0.616. The minimum atomic E-state index is -0.450. The van der Waals surface area contributed by atoms with Crippen molar-refractivity contribution in [3.8, 4) is 16.4 Å². The van der Waals surface area contributed by atoms with Gasteiger partial charge in [-0.25, -0.2) is 19.0 Å². The van der Waals surface area contributed by atoms with Gasteiger partial charge in [-0.2, -0.15) is 0 Å². The molecule has 0 aliphatic rings. The van der Waals surface area contributed by atoms with Gasteiger partial charge < -0.3 is 0 Å². The molecule has 0 fully saturated rings. The van der Waals surface area contributed by atoms with E-state index in [9.17, 15) is 9.18 Å². The molecule has 9 heteroatoms. The molecular formula is C16H10FN5OS2. The van der Waals surface area contributed by atoms with Crippen LogP contribution in [-0.4, -0.2) is 25.7 Å². The van der Waals surface area contributed by atoms with E-state index in [-0.39, 0.29) is 11.6 Å². The summed E-state index contributed by atoms with van der Waals surface area (Å²) in [7, 11) is 0. The SMILES string of the molecule is O=C(Nc1nccs1)c1nc(-c2cccs2)n(-c2ccc(F)cc2)n1. The van der Waals surface area contributed by atoms with Gasteiger partial charge in [-0.3, -0.25) is 10.1 Å². The zero-order valence-electron chi connectivity index (χ0n) is 12.6. The lowest BCUT2D eigenvalue weighted by Gasteiger charge is -2.03. The summed E-state index contributed by atoms with van der Waals surface area (Å²) in [6.45, 7) is 0. The van der Waals surface area contributed by atoms with Crippen molar-refractivity contribution in [2.45, 2.75) is 0 Å². The summed E-state index contributed by atoms with van der Waals surface area (Å²) in [4.78, 5) is 21.6. The van der Waals surface area contributed by atoms with Crippen LogP contribution in [0.1, 0.15) is 10.6 Å². The molecule has 1 amide bonds. The highest BCUT2D eigenvalue weighted by molar-refractivity contribution is 7.14. The van der Waals surface area contributed by atoms with Gasteiger partial charge in [0.05, 0.1) is 10.6 Å². The Hall–Kier alpha value is -2.91. The second kappa shape index (κ2) is 6.54. The lowest BCUT2D eigenvalue weighted by Crippen LogP contribution is -2.14. The Bertz CT molecular complexity index is 994. The molecule has 0 radical (unpaired) electrons. The standard InChI is InChI=1S/C16H10FN5OS2/c17-10-3-5-11(6-4-10)22-14(12-2-1-8-24-12)19-13(21-22)15(23)20-16-18-7-9-25-16/h1-9H,(H,18,20,23). The van der Waals surface area contributed by atoms with E-state index in [4.69, 9.17) is 0 Å². The Balaban J connectivity index is 1.75. The highest BCUT2D eigenvalue weighted by Gasteiger charge is 2.20. The van der Waals surface area contributed by atoms with E-state index in [0.29, 0.717) is 16.6 Å². The number of anilines is 1. The lowest BCUT2D eigenvalue weighted by atomic mass is 10.3. The second-order valence-electron chi connectivity index (χ2n) is 4.92. The maximum Gasteiger partial charge on any atom is 0.297 e. The smallest absolute Gasteiger partial charge is 0.295 e. The third kappa shape index (κ3) is 3.19. The second-order valence-corrected chi connectivity index (χ2v) is 6.76. The fraction of sp³-hybridized carbons (Fsp3) is 0. The number of rotatable bonds is 4. The van der Waals surface area contributed by atoms with Crippen molar-refractivity contribution in [3.63, 3.8) is 0 Å². The van der Waals surface area contributed by atoms with E-state index in [1.807, 2.05) is 17.5 Å². The summed E-state index contributed by atoms with van der Waals surface area (Å²) in [5, 5.41) is 11.1. The fourth-order valence-electron chi connectivity index (χ4n) is 2.17. The average Bonchev–Trinajstić information content (AvgIpc) is 3.36. The van der Waals surface area contributed by atoms with Crippen molar-refractivity contribution in [3.05, 3.63) is 65.0 Å². The number of thiophene rings is 1. The number of nitrogens with one attached hydrogen (secondary N) is 1. The molecule has 6 nitrogen and oxygen atoms in total. The molecule has 0 saturated heterocycles. The number of hydrogen-bond donors (Lipinski definition) is 1. The van der Waals surface area contributed by atoms with Crippen LogP contribution in [-0.2, 0) is 0 Å². The molecule has 4 rings (SSSR count). The van der Waals surface area contributed by atoms with Crippen LogP contribution in [0.4, 0.5) is 9.52 Å². The molecular weight excluding hydrogens is 361 g/mol. The fourth-order valence-corrected chi connectivity index (χ4v) is 3.40. The number of aromatic nitrogens is 4. The van der Waals surface area contributed by atoms with Gasteiger partial charge in [0, 0.05) is 11.6 Å². The first kappa shape index (κ1) is 15.6. The Labute approximate surface area is 149 Å². The van der Waals surface area contributed by atoms with Gasteiger partial charge in [-0.1, -0.05) is 6.07 Å². The molecule has 0 aliphatic heterocycles. The normalized spacial score (nSPS) is 10.8. The quantitative estimate of drug-likeness (QED) is 0.591. The van der Waals surface area contributed by atoms with Gasteiger partial charge in [0.2, 0.25) is 5.82 Å². The average molecular weight is 371 g/mol. The summed E-state index contributed by atoms with van der Waals surface area (Å²) in [6, 6.07) is 9.62. The van der Waals surface area contributed by atoms with Crippen LogP contribution in [0.5, 0.6) is 0 Å². The first-order valence-electron chi connectivity index (χ1n) is 7.18. The molecule has 0 spiro atoms. The van der Waals surface area contributed by atoms with E-state index < -0.39 is 5.91 Å². The van der Waals surface area contributed by atoms with Crippen molar-refractivity contribution in [1.29, 1.82) is 0 Å². The molecule has 0 unspecified atom stereocenters. The predicted octanol–water partition coefficient (Wildman–Crippen LogP) is 3.84. The first-order valence-corrected chi connectivity index (χ1v) is 8.94. The Kier molecular flexibility index (Phi) is 4.08. The molecule has 0 aliphatic carbocycles. The minimum absolute atomic E-state index is 0.0166. The van der Waals surface area contributed by atoms with Gasteiger partial charge in [0.25, 0.3) is 5.91 Å². The van der Waals surface area contributed by atoms with Crippen LogP contribution in [0.2, 0.25) is 0 Å². The summed E-state index contributed by atoms with van der Waals surface area (Å²) in [5.74, 6) is -0.259. The summed E-state index contributed by atoms with van der Waals surface area (Å²) < 4.78 is 14.7. The highest BCUT2D eigenvalue weighted by Crippen LogP contribution is 2.26. The van der Waals surface area contributed by atoms with E-state index in [1.165, 1.54) is 39.5 Å². The van der Waals surface area contributed by atoms with E-state index in [2.05, 4.69) is 20.4 Å². The van der Waals surface area contributed by atoms with Crippen LogP contribution in [0.25, 0.3) is 16.4 Å². The van der Waals surface area contributed by atoms with Crippen LogP contribution in [0.15, 0.2) is 53.4 Å². The molecule has 3 heterocycles. The molecule has 124 valence electrons. The zero-order valence-corrected chi connectivity index (χ0v) is 14.2. The monoisotopic (exact) mass is 371 g/mol. The number of thiazole rings is 1. The van der Waals surface area contributed by atoms with Crippen LogP contribution >= 0.6 is 22.7 Å². The zero-order chi connectivity index (χ0) is 17.2. The number of carbonyl (C=O) groups excluding carboxylic acids is 1. The Morgan fingerprint density at radius 2 is 1.96 bits per heavy atom. The maximum atomic E-state index is 13.2. The largest absolute Gasteiger partial charge is 0.297 e. The predicted molar refractivity (Wildman–Crippen MR) is 94.7 cm³/mol. The molecule has 25 heavy (non-hydrogen) atoms. The Morgan fingerprint density at radius 3 is 2.64 bits per heavy atom.